The molecule has 2 aromatic rings. The second kappa shape index (κ2) is 10.0. The van der Waals surface area contributed by atoms with Crippen molar-refractivity contribution < 1.29 is 19.2 Å². The summed E-state index contributed by atoms with van der Waals surface area (Å²) in [5.74, 6) is 0.403. The van der Waals surface area contributed by atoms with Gasteiger partial charge in [-0.2, -0.15) is 5.10 Å². The lowest BCUT2D eigenvalue weighted by molar-refractivity contribution is -0.928. The molecule has 6 heteroatoms. The number of nitrogens with zero attached hydrogens (tertiary/aromatic N) is 1. The zero-order valence-electron chi connectivity index (χ0n) is 16.5. The highest BCUT2D eigenvalue weighted by Crippen LogP contribution is 2.13. The SMILES string of the molecule is C/C(=N/NC(=O)COc1cccc(C)c1)[C@H](c1ccccc1)[NH+]1CCOCC1. The van der Waals surface area contributed by atoms with Gasteiger partial charge in [-0.15, -0.1) is 0 Å². The average Bonchev–Trinajstić information content (AvgIpc) is 2.72. The number of amides is 1. The van der Waals surface area contributed by atoms with Crippen LogP contribution in [0.4, 0.5) is 0 Å². The van der Waals surface area contributed by atoms with Gasteiger partial charge < -0.3 is 14.4 Å². The van der Waals surface area contributed by atoms with Crippen LogP contribution in [-0.2, 0) is 9.53 Å². The number of hydrazone groups is 1. The molecule has 0 saturated carbocycles. The fourth-order valence-electron chi connectivity index (χ4n) is 3.44. The van der Waals surface area contributed by atoms with Crippen molar-refractivity contribution in [3.05, 3.63) is 65.7 Å². The summed E-state index contributed by atoms with van der Waals surface area (Å²) in [6.45, 7) is 7.18. The van der Waals surface area contributed by atoms with Crippen LogP contribution >= 0.6 is 0 Å². The van der Waals surface area contributed by atoms with Gasteiger partial charge in [0.2, 0.25) is 0 Å². The molecule has 3 rings (SSSR count). The Hall–Kier alpha value is -2.70. The van der Waals surface area contributed by atoms with Crippen LogP contribution in [0.5, 0.6) is 5.75 Å². The standard InChI is InChI=1S/C22H27N3O3/c1-17-7-6-10-20(15-17)28-16-21(26)24-23-18(2)22(19-8-4-3-5-9-19)25-11-13-27-14-12-25/h3-10,15,22H,11-14,16H2,1-2H3,(H,24,26)/p+1/b23-18-/t22-/m1/s1. The number of quaternary nitrogens is 1. The number of carbonyl (C=O) groups excluding carboxylic acids is 1. The topological polar surface area (TPSA) is 64.4 Å². The molecule has 0 radical (unpaired) electrons. The lowest BCUT2D eigenvalue weighted by Gasteiger charge is -2.31. The Bertz CT molecular complexity index is 802. The van der Waals surface area contributed by atoms with Crippen LogP contribution in [0.3, 0.4) is 0 Å². The zero-order valence-corrected chi connectivity index (χ0v) is 16.5. The summed E-state index contributed by atoms with van der Waals surface area (Å²) < 4.78 is 11.0. The fourth-order valence-corrected chi connectivity index (χ4v) is 3.44. The summed E-state index contributed by atoms with van der Waals surface area (Å²) in [7, 11) is 0. The number of morpholine rings is 1. The molecule has 0 aliphatic carbocycles. The van der Waals surface area contributed by atoms with Crippen molar-refractivity contribution in [2.75, 3.05) is 32.9 Å². The second-order valence-electron chi connectivity index (χ2n) is 7.01. The van der Waals surface area contributed by atoms with Gasteiger partial charge in [-0.1, -0.05) is 42.5 Å². The Morgan fingerprint density at radius 1 is 1.18 bits per heavy atom. The van der Waals surface area contributed by atoms with Crippen molar-refractivity contribution >= 4 is 11.6 Å². The van der Waals surface area contributed by atoms with E-state index in [-0.39, 0.29) is 18.6 Å². The summed E-state index contributed by atoms with van der Waals surface area (Å²) >= 11 is 0. The third-order valence-corrected chi connectivity index (χ3v) is 4.81. The Morgan fingerprint density at radius 3 is 2.64 bits per heavy atom. The van der Waals surface area contributed by atoms with E-state index in [4.69, 9.17) is 9.47 Å². The Kier molecular flexibility index (Phi) is 7.17. The monoisotopic (exact) mass is 382 g/mol. The van der Waals surface area contributed by atoms with Crippen LogP contribution in [0.25, 0.3) is 0 Å². The molecule has 6 nitrogen and oxygen atoms in total. The number of aryl methyl sites for hydroxylation is 1. The van der Waals surface area contributed by atoms with Crippen molar-refractivity contribution in [3.63, 3.8) is 0 Å². The summed E-state index contributed by atoms with van der Waals surface area (Å²) in [5, 5.41) is 4.38. The normalized spacial score (nSPS) is 16.4. The van der Waals surface area contributed by atoms with Gasteiger partial charge in [0.05, 0.1) is 18.9 Å². The van der Waals surface area contributed by atoms with Crippen LogP contribution < -0.4 is 15.1 Å². The molecule has 1 heterocycles. The molecule has 1 aliphatic rings. The van der Waals surface area contributed by atoms with Gasteiger partial charge in [-0.3, -0.25) is 4.79 Å². The quantitative estimate of drug-likeness (QED) is 0.564. The van der Waals surface area contributed by atoms with Crippen LogP contribution in [-0.4, -0.2) is 44.5 Å². The molecular formula is C22H28N3O3+. The van der Waals surface area contributed by atoms with E-state index in [0.29, 0.717) is 5.75 Å². The Labute approximate surface area is 166 Å². The highest BCUT2D eigenvalue weighted by atomic mass is 16.5. The number of carbonyl (C=O) groups is 1. The molecule has 0 spiro atoms. The molecule has 1 saturated heterocycles. The van der Waals surface area contributed by atoms with E-state index in [1.54, 1.807) is 0 Å². The molecule has 2 aromatic carbocycles. The minimum atomic E-state index is -0.273. The highest BCUT2D eigenvalue weighted by molar-refractivity contribution is 5.88. The Balaban J connectivity index is 1.63. The van der Waals surface area contributed by atoms with E-state index in [1.807, 2.05) is 56.3 Å². The van der Waals surface area contributed by atoms with E-state index >= 15 is 0 Å². The van der Waals surface area contributed by atoms with Gasteiger partial charge in [0.15, 0.2) is 12.6 Å². The number of benzene rings is 2. The van der Waals surface area contributed by atoms with Crippen molar-refractivity contribution in [1.82, 2.24) is 5.43 Å². The van der Waals surface area contributed by atoms with E-state index in [1.165, 1.54) is 10.5 Å². The molecular weight excluding hydrogens is 354 g/mol. The Morgan fingerprint density at radius 2 is 1.93 bits per heavy atom. The van der Waals surface area contributed by atoms with Gasteiger partial charge in [0.25, 0.3) is 5.91 Å². The molecule has 0 aromatic heterocycles. The van der Waals surface area contributed by atoms with E-state index in [9.17, 15) is 4.79 Å². The third kappa shape index (κ3) is 5.65. The van der Waals surface area contributed by atoms with Crippen molar-refractivity contribution in [2.24, 2.45) is 5.10 Å². The van der Waals surface area contributed by atoms with Crippen molar-refractivity contribution in [2.45, 2.75) is 19.9 Å². The lowest BCUT2D eigenvalue weighted by Crippen LogP contribution is -3.15. The van der Waals surface area contributed by atoms with Crippen molar-refractivity contribution in [1.29, 1.82) is 0 Å². The molecule has 0 unspecified atom stereocenters. The lowest BCUT2D eigenvalue weighted by atomic mass is 10.0. The maximum Gasteiger partial charge on any atom is 0.277 e. The van der Waals surface area contributed by atoms with Gasteiger partial charge in [0.1, 0.15) is 18.8 Å². The largest absolute Gasteiger partial charge is 0.484 e. The smallest absolute Gasteiger partial charge is 0.277 e. The van der Waals surface area contributed by atoms with Crippen LogP contribution in [0.2, 0.25) is 0 Å². The number of rotatable bonds is 7. The fraction of sp³-hybridized carbons (Fsp3) is 0.364. The molecule has 28 heavy (non-hydrogen) atoms. The first-order valence-corrected chi connectivity index (χ1v) is 9.63. The van der Waals surface area contributed by atoms with Crippen LogP contribution in [0.15, 0.2) is 59.7 Å². The molecule has 2 N–H and O–H groups in total. The predicted molar refractivity (Wildman–Crippen MR) is 109 cm³/mol. The maximum absolute atomic E-state index is 12.2. The molecule has 1 fully saturated rings. The van der Waals surface area contributed by atoms with Gasteiger partial charge in [-0.25, -0.2) is 5.43 Å². The predicted octanol–water partition coefficient (Wildman–Crippen LogP) is 1.52. The number of nitrogens with one attached hydrogen (secondary N) is 2. The first-order chi connectivity index (χ1) is 13.6. The van der Waals surface area contributed by atoms with Crippen molar-refractivity contribution in [3.8, 4) is 5.75 Å². The first-order valence-electron chi connectivity index (χ1n) is 9.63. The van der Waals surface area contributed by atoms with E-state index in [0.717, 1.165) is 37.6 Å². The molecule has 1 aliphatic heterocycles. The van der Waals surface area contributed by atoms with Gasteiger partial charge in [0, 0.05) is 5.56 Å². The second-order valence-corrected chi connectivity index (χ2v) is 7.01. The first kappa shape index (κ1) is 20.0. The minimum absolute atomic E-state index is 0.0688. The summed E-state index contributed by atoms with van der Waals surface area (Å²) in [6, 6.07) is 18.0. The average molecular weight is 382 g/mol. The summed E-state index contributed by atoms with van der Waals surface area (Å²) in [6.07, 6.45) is 0. The number of ether oxygens (including phenoxy) is 2. The maximum atomic E-state index is 12.2. The summed E-state index contributed by atoms with van der Waals surface area (Å²) in [4.78, 5) is 13.6. The molecule has 1 atom stereocenters. The molecule has 0 bridgehead atoms. The number of hydrogen-bond donors (Lipinski definition) is 2. The zero-order chi connectivity index (χ0) is 19.8. The van der Waals surface area contributed by atoms with E-state index < -0.39 is 0 Å². The van der Waals surface area contributed by atoms with Crippen LogP contribution in [0.1, 0.15) is 24.1 Å². The highest BCUT2D eigenvalue weighted by Gasteiger charge is 2.29. The molecule has 148 valence electrons. The minimum Gasteiger partial charge on any atom is -0.484 e. The number of hydrogen-bond acceptors (Lipinski definition) is 4. The van der Waals surface area contributed by atoms with Gasteiger partial charge >= 0.3 is 0 Å². The van der Waals surface area contributed by atoms with Crippen LogP contribution in [0, 0.1) is 6.92 Å². The third-order valence-electron chi connectivity index (χ3n) is 4.81. The molecule has 1 amide bonds. The van der Waals surface area contributed by atoms with E-state index in [2.05, 4.69) is 22.7 Å². The summed E-state index contributed by atoms with van der Waals surface area (Å²) in [5.41, 5.74) is 5.78. The van der Waals surface area contributed by atoms with Gasteiger partial charge in [-0.05, 0) is 31.5 Å².